The Labute approximate surface area is 127 Å². The number of thiazole rings is 1. The Balaban J connectivity index is 1.76. The molecule has 1 aliphatic heterocycles. The van der Waals surface area contributed by atoms with Gasteiger partial charge in [0.25, 0.3) is 10.7 Å². The number of aromatic amines is 1. The Morgan fingerprint density at radius 3 is 2.70 bits per heavy atom. The molecule has 0 amide bonds. The van der Waals surface area contributed by atoms with Gasteiger partial charge in [0.05, 0.1) is 12.2 Å². The predicted octanol–water partition coefficient (Wildman–Crippen LogP) is 3.54. The molecule has 0 spiro atoms. The van der Waals surface area contributed by atoms with E-state index in [9.17, 15) is 0 Å². The van der Waals surface area contributed by atoms with Crippen LogP contribution in [-0.2, 0) is 6.54 Å². The molecule has 3 rings (SSSR count). The van der Waals surface area contributed by atoms with Crippen LogP contribution in [0.2, 0.25) is 0 Å². The molecule has 108 valence electrons. The maximum Gasteiger partial charge on any atom is 0.284 e. The molecule has 1 saturated heterocycles. The fourth-order valence-corrected chi connectivity index (χ4v) is 3.69. The van der Waals surface area contributed by atoms with Gasteiger partial charge >= 0.3 is 0 Å². The number of rotatable bonds is 3. The average Bonchev–Trinajstić information content (AvgIpc) is 2.89. The first-order chi connectivity index (χ1) is 9.72. The highest BCUT2D eigenvalue weighted by atomic mass is 32.1. The SMILES string of the molecule is Cc1nc(CN2CCCCCC2)sc1-c1n[nH]c(=S)o1. The highest BCUT2D eigenvalue weighted by molar-refractivity contribution is 7.71. The first-order valence-electron chi connectivity index (χ1n) is 6.97. The Hall–Kier alpha value is -1.05. The molecular weight excluding hydrogens is 292 g/mol. The summed E-state index contributed by atoms with van der Waals surface area (Å²) in [6.45, 7) is 5.27. The number of hydrogen-bond donors (Lipinski definition) is 1. The van der Waals surface area contributed by atoms with Crippen LogP contribution in [0.1, 0.15) is 36.4 Å². The standard InChI is InChI=1S/C13H18N4OS2/c1-9-11(12-15-16-13(19)18-12)20-10(14-9)8-17-6-4-2-3-5-7-17/h2-8H2,1H3,(H,16,19). The lowest BCUT2D eigenvalue weighted by atomic mass is 10.2. The van der Waals surface area contributed by atoms with Crippen LogP contribution in [-0.4, -0.2) is 33.2 Å². The molecular formula is C13H18N4OS2. The van der Waals surface area contributed by atoms with Crippen molar-refractivity contribution in [3.05, 3.63) is 15.5 Å². The van der Waals surface area contributed by atoms with Gasteiger partial charge in [-0.25, -0.2) is 10.1 Å². The van der Waals surface area contributed by atoms with Crippen molar-refractivity contribution in [3.8, 4) is 10.8 Å². The van der Waals surface area contributed by atoms with E-state index in [1.54, 1.807) is 11.3 Å². The molecule has 0 saturated carbocycles. The molecule has 3 heterocycles. The van der Waals surface area contributed by atoms with Crippen molar-refractivity contribution in [2.45, 2.75) is 39.2 Å². The summed E-state index contributed by atoms with van der Waals surface area (Å²) in [6.07, 6.45) is 5.30. The molecule has 5 nitrogen and oxygen atoms in total. The van der Waals surface area contributed by atoms with Crippen molar-refractivity contribution in [1.29, 1.82) is 0 Å². The first-order valence-corrected chi connectivity index (χ1v) is 8.19. The van der Waals surface area contributed by atoms with Gasteiger partial charge in [0.1, 0.15) is 9.88 Å². The minimum absolute atomic E-state index is 0.307. The van der Waals surface area contributed by atoms with Crippen LogP contribution in [0.4, 0.5) is 0 Å². The summed E-state index contributed by atoms with van der Waals surface area (Å²) in [7, 11) is 0. The van der Waals surface area contributed by atoms with E-state index in [0.717, 1.165) is 22.1 Å². The van der Waals surface area contributed by atoms with Gasteiger partial charge in [-0.05, 0) is 45.1 Å². The van der Waals surface area contributed by atoms with Crippen LogP contribution >= 0.6 is 23.6 Å². The van der Waals surface area contributed by atoms with Crippen molar-refractivity contribution < 1.29 is 4.42 Å². The van der Waals surface area contributed by atoms with Crippen LogP contribution in [0.5, 0.6) is 0 Å². The fraction of sp³-hybridized carbons (Fsp3) is 0.615. The monoisotopic (exact) mass is 310 g/mol. The number of H-pyrrole nitrogens is 1. The van der Waals surface area contributed by atoms with Gasteiger partial charge in [0.2, 0.25) is 0 Å². The van der Waals surface area contributed by atoms with E-state index in [1.807, 2.05) is 6.92 Å². The Morgan fingerprint density at radius 1 is 1.30 bits per heavy atom. The summed E-state index contributed by atoms with van der Waals surface area (Å²) in [5.41, 5.74) is 0.963. The Kier molecular flexibility index (Phi) is 4.28. The van der Waals surface area contributed by atoms with Crippen molar-refractivity contribution in [2.75, 3.05) is 13.1 Å². The van der Waals surface area contributed by atoms with E-state index < -0.39 is 0 Å². The van der Waals surface area contributed by atoms with Crippen molar-refractivity contribution >= 4 is 23.6 Å². The smallest absolute Gasteiger partial charge is 0.284 e. The normalized spacial score (nSPS) is 17.2. The zero-order valence-electron chi connectivity index (χ0n) is 11.5. The number of aromatic nitrogens is 3. The number of hydrogen-bond acceptors (Lipinski definition) is 6. The van der Waals surface area contributed by atoms with Gasteiger partial charge in [0.15, 0.2) is 0 Å². The lowest BCUT2D eigenvalue weighted by molar-refractivity contribution is 0.276. The fourth-order valence-electron chi connectivity index (χ4n) is 2.53. The van der Waals surface area contributed by atoms with Crippen LogP contribution in [0.3, 0.4) is 0 Å². The third-order valence-electron chi connectivity index (χ3n) is 3.53. The number of nitrogens with one attached hydrogen (secondary N) is 1. The molecule has 1 aliphatic rings. The topological polar surface area (TPSA) is 58.0 Å². The lowest BCUT2D eigenvalue weighted by Crippen LogP contribution is -2.23. The molecule has 2 aromatic rings. The molecule has 0 atom stereocenters. The van der Waals surface area contributed by atoms with Crippen LogP contribution in [0.15, 0.2) is 4.42 Å². The third-order valence-corrected chi connectivity index (χ3v) is 4.84. The molecule has 0 aliphatic carbocycles. The van der Waals surface area contributed by atoms with E-state index in [0.29, 0.717) is 10.7 Å². The summed E-state index contributed by atoms with van der Waals surface area (Å²) in [4.78, 5) is 8.43. The maximum absolute atomic E-state index is 5.38. The largest absolute Gasteiger partial charge is 0.408 e. The third kappa shape index (κ3) is 3.16. The highest BCUT2D eigenvalue weighted by Crippen LogP contribution is 2.29. The van der Waals surface area contributed by atoms with Crippen molar-refractivity contribution in [3.63, 3.8) is 0 Å². The zero-order chi connectivity index (χ0) is 13.9. The van der Waals surface area contributed by atoms with Crippen molar-refractivity contribution in [2.24, 2.45) is 0 Å². The molecule has 0 unspecified atom stereocenters. The highest BCUT2D eigenvalue weighted by Gasteiger charge is 2.17. The summed E-state index contributed by atoms with van der Waals surface area (Å²) >= 11 is 6.57. The van der Waals surface area contributed by atoms with Gasteiger partial charge in [-0.1, -0.05) is 12.8 Å². The van der Waals surface area contributed by atoms with E-state index >= 15 is 0 Å². The second kappa shape index (κ2) is 6.15. The molecule has 0 aromatic carbocycles. The molecule has 1 N–H and O–H groups in total. The first kappa shape index (κ1) is 13.9. The minimum atomic E-state index is 0.307. The average molecular weight is 310 g/mol. The van der Waals surface area contributed by atoms with Gasteiger partial charge in [0, 0.05) is 0 Å². The quantitative estimate of drug-likeness (QED) is 0.879. The lowest BCUT2D eigenvalue weighted by Gasteiger charge is -2.17. The summed E-state index contributed by atoms with van der Waals surface area (Å²) in [5, 5.41) is 7.87. The minimum Gasteiger partial charge on any atom is -0.408 e. The van der Waals surface area contributed by atoms with Crippen molar-refractivity contribution in [1.82, 2.24) is 20.1 Å². The van der Waals surface area contributed by atoms with Gasteiger partial charge < -0.3 is 4.42 Å². The summed E-state index contributed by atoms with van der Waals surface area (Å²) < 4.78 is 5.38. The van der Waals surface area contributed by atoms with Gasteiger partial charge in [-0.3, -0.25) is 4.90 Å². The van der Waals surface area contributed by atoms with Gasteiger partial charge in [-0.2, -0.15) is 0 Å². The molecule has 2 aromatic heterocycles. The van der Waals surface area contributed by atoms with Crippen LogP contribution in [0.25, 0.3) is 10.8 Å². The molecule has 1 fully saturated rings. The second-order valence-electron chi connectivity index (χ2n) is 5.13. The zero-order valence-corrected chi connectivity index (χ0v) is 13.1. The van der Waals surface area contributed by atoms with E-state index in [4.69, 9.17) is 16.6 Å². The van der Waals surface area contributed by atoms with Crippen LogP contribution in [0, 0.1) is 11.8 Å². The molecule has 20 heavy (non-hydrogen) atoms. The van der Waals surface area contributed by atoms with E-state index in [1.165, 1.54) is 38.8 Å². The van der Waals surface area contributed by atoms with E-state index in [-0.39, 0.29) is 0 Å². The molecule has 0 radical (unpaired) electrons. The predicted molar refractivity (Wildman–Crippen MR) is 81.3 cm³/mol. The molecule has 7 heteroatoms. The number of nitrogens with zero attached hydrogens (tertiary/aromatic N) is 3. The number of aryl methyl sites for hydroxylation is 1. The van der Waals surface area contributed by atoms with Gasteiger partial charge in [-0.15, -0.1) is 16.4 Å². The number of likely N-dealkylation sites (tertiary alicyclic amines) is 1. The summed E-state index contributed by atoms with van der Waals surface area (Å²) in [5.74, 6) is 0.548. The van der Waals surface area contributed by atoms with Crippen LogP contribution < -0.4 is 0 Å². The van der Waals surface area contributed by atoms with E-state index in [2.05, 4.69) is 20.1 Å². The maximum atomic E-state index is 5.38. The second-order valence-corrected chi connectivity index (χ2v) is 6.59. The Morgan fingerprint density at radius 2 is 2.05 bits per heavy atom. The Bertz CT molecular complexity index is 622. The summed E-state index contributed by atoms with van der Waals surface area (Å²) in [6, 6.07) is 0. The molecule has 0 bridgehead atoms.